The van der Waals surface area contributed by atoms with Gasteiger partial charge in [0.1, 0.15) is 0 Å². The van der Waals surface area contributed by atoms with Crippen molar-refractivity contribution in [3.8, 4) is 5.75 Å². The highest BCUT2D eigenvalue weighted by molar-refractivity contribution is 5.29. The van der Waals surface area contributed by atoms with Crippen LogP contribution in [0, 0.1) is 5.82 Å². The summed E-state index contributed by atoms with van der Waals surface area (Å²) in [5, 5.41) is 6.70. The molecule has 1 aromatic carbocycles. The third-order valence-corrected chi connectivity index (χ3v) is 2.86. The summed E-state index contributed by atoms with van der Waals surface area (Å²) < 4.78 is 18.2. The first-order valence-corrected chi connectivity index (χ1v) is 6.06. The maximum absolute atomic E-state index is 13.4. The van der Waals surface area contributed by atoms with Gasteiger partial charge in [0, 0.05) is 25.7 Å². The third kappa shape index (κ3) is 3.98. The van der Waals surface area contributed by atoms with Crippen LogP contribution >= 0.6 is 0 Å². The summed E-state index contributed by atoms with van der Waals surface area (Å²) >= 11 is 0. The lowest BCUT2D eigenvalue weighted by molar-refractivity contribution is 0.386. The molecule has 0 spiro atoms. The van der Waals surface area contributed by atoms with Crippen LogP contribution in [-0.4, -0.2) is 26.2 Å². The SMILES string of the molecule is COc1ccc(CNCCNC2CC2)cc1F. The van der Waals surface area contributed by atoms with Gasteiger partial charge in [-0.25, -0.2) is 4.39 Å². The molecular formula is C13H19FN2O. The predicted octanol–water partition coefficient (Wildman–Crippen LogP) is 1.68. The zero-order valence-corrected chi connectivity index (χ0v) is 10.1. The summed E-state index contributed by atoms with van der Waals surface area (Å²) in [5.74, 6) is -0.00736. The van der Waals surface area contributed by atoms with E-state index in [0.29, 0.717) is 12.3 Å². The predicted molar refractivity (Wildman–Crippen MR) is 65.7 cm³/mol. The van der Waals surface area contributed by atoms with Crippen molar-refractivity contribution in [1.29, 1.82) is 0 Å². The topological polar surface area (TPSA) is 33.3 Å². The number of methoxy groups -OCH3 is 1. The van der Waals surface area contributed by atoms with Crippen LogP contribution in [0.4, 0.5) is 4.39 Å². The van der Waals surface area contributed by atoms with Crippen LogP contribution in [0.3, 0.4) is 0 Å². The van der Waals surface area contributed by atoms with E-state index in [1.54, 1.807) is 6.07 Å². The van der Waals surface area contributed by atoms with Gasteiger partial charge in [0.25, 0.3) is 0 Å². The van der Waals surface area contributed by atoms with E-state index in [9.17, 15) is 4.39 Å². The lowest BCUT2D eigenvalue weighted by Crippen LogP contribution is -2.28. The van der Waals surface area contributed by atoms with Gasteiger partial charge in [-0.1, -0.05) is 6.07 Å². The molecule has 0 unspecified atom stereocenters. The Morgan fingerprint density at radius 1 is 1.35 bits per heavy atom. The van der Waals surface area contributed by atoms with E-state index in [1.165, 1.54) is 26.0 Å². The average Bonchev–Trinajstić information content (AvgIpc) is 3.13. The van der Waals surface area contributed by atoms with E-state index >= 15 is 0 Å². The van der Waals surface area contributed by atoms with E-state index < -0.39 is 0 Å². The van der Waals surface area contributed by atoms with Crippen LogP contribution in [0.25, 0.3) is 0 Å². The number of benzene rings is 1. The quantitative estimate of drug-likeness (QED) is 0.709. The largest absolute Gasteiger partial charge is 0.494 e. The van der Waals surface area contributed by atoms with E-state index in [0.717, 1.165) is 24.7 Å². The van der Waals surface area contributed by atoms with Crippen LogP contribution < -0.4 is 15.4 Å². The van der Waals surface area contributed by atoms with Crippen molar-refractivity contribution < 1.29 is 9.13 Å². The molecular weight excluding hydrogens is 219 g/mol. The summed E-state index contributed by atoms with van der Waals surface area (Å²) in [7, 11) is 1.47. The van der Waals surface area contributed by atoms with Gasteiger partial charge in [0.15, 0.2) is 11.6 Å². The smallest absolute Gasteiger partial charge is 0.165 e. The monoisotopic (exact) mass is 238 g/mol. The number of hydrogen-bond acceptors (Lipinski definition) is 3. The molecule has 17 heavy (non-hydrogen) atoms. The Bertz CT molecular complexity index is 366. The minimum atomic E-state index is -0.303. The van der Waals surface area contributed by atoms with Crippen molar-refractivity contribution in [2.45, 2.75) is 25.4 Å². The van der Waals surface area contributed by atoms with Crippen molar-refractivity contribution in [2.75, 3.05) is 20.2 Å². The molecule has 94 valence electrons. The molecule has 1 saturated carbocycles. The minimum absolute atomic E-state index is 0.296. The van der Waals surface area contributed by atoms with E-state index in [1.807, 2.05) is 6.07 Å². The van der Waals surface area contributed by atoms with E-state index in [2.05, 4.69) is 10.6 Å². The average molecular weight is 238 g/mol. The normalized spacial score (nSPS) is 14.9. The Hall–Kier alpha value is -1.13. The van der Waals surface area contributed by atoms with Crippen LogP contribution in [0.15, 0.2) is 18.2 Å². The fourth-order valence-electron chi connectivity index (χ4n) is 1.70. The fourth-order valence-corrected chi connectivity index (χ4v) is 1.70. The van der Waals surface area contributed by atoms with Gasteiger partial charge >= 0.3 is 0 Å². The number of hydrogen-bond donors (Lipinski definition) is 2. The van der Waals surface area contributed by atoms with Crippen molar-refractivity contribution in [2.24, 2.45) is 0 Å². The first-order chi connectivity index (χ1) is 8.29. The molecule has 1 aliphatic rings. The van der Waals surface area contributed by atoms with Crippen molar-refractivity contribution >= 4 is 0 Å². The fraction of sp³-hybridized carbons (Fsp3) is 0.538. The van der Waals surface area contributed by atoms with Crippen molar-refractivity contribution in [3.05, 3.63) is 29.6 Å². The maximum atomic E-state index is 13.4. The third-order valence-electron chi connectivity index (χ3n) is 2.86. The Balaban J connectivity index is 1.68. The summed E-state index contributed by atoms with van der Waals surface area (Å²) in [6, 6.07) is 5.80. The van der Waals surface area contributed by atoms with Gasteiger partial charge in [-0.3, -0.25) is 0 Å². The molecule has 4 heteroatoms. The molecule has 1 aromatic rings. The second-order valence-electron chi connectivity index (χ2n) is 4.37. The molecule has 0 radical (unpaired) electrons. The van der Waals surface area contributed by atoms with Crippen molar-refractivity contribution in [1.82, 2.24) is 10.6 Å². The highest BCUT2D eigenvalue weighted by Gasteiger charge is 2.19. The Morgan fingerprint density at radius 2 is 2.18 bits per heavy atom. The molecule has 0 atom stereocenters. The highest BCUT2D eigenvalue weighted by atomic mass is 19.1. The zero-order chi connectivity index (χ0) is 12.1. The Morgan fingerprint density at radius 3 is 2.82 bits per heavy atom. The molecule has 3 nitrogen and oxygen atoms in total. The molecule has 0 bridgehead atoms. The second-order valence-corrected chi connectivity index (χ2v) is 4.37. The van der Waals surface area contributed by atoms with Gasteiger partial charge in [0.2, 0.25) is 0 Å². The summed E-state index contributed by atoms with van der Waals surface area (Å²) in [6.45, 7) is 2.57. The van der Waals surface area contributed by atoms with Crippen LogP contribution in [0.2, 0.25) is 0 Å². The van der Waals surface area contributed by atoms with Gasteiger partial charge in [-0.15, -0.1) is 0 Å². The number of ether oxygens (including phenoxy) is 1. The summed E-state index contributed by atoms with van der Waals surface area (Å²) in [5.41, 5.74) is 0.940. The first kappa shape index (κ1) is 12.3. The second kappa shape index (κ2) is 5.98. The maximum Gasteiger partial charge on any atom is 0.165 e. The molecule has 1 aliphatic carbocycles. The minimum Gasteiger partial charge on any atom is -0.494 e. The molecule has 0 amide bonds. The van der Waals surface area contributed by atoms with E-state index in [-0.39, 0.29) is 5.82 Å². The molecule has 2 rings (SSSR count). The lowest BCUT2D eigenvalue weighted by atomic mass is 10.2. The van der Waals surface area contributed by atoms with Gasteiger partial charge in [-0.05, 0) is 30.5 Å². The Kier molecular flexibility index (Phi) is 4.34. The molecule has 0 aromatic heterocycles. The summed E-state index contributed by atoms with van der Waals surface area (Å²) in [4.78, 5) is 0. The molecule has 0 saturated heterocycles. The summed E-state index contributed by atoms with van der Waals surface area (Å²) in [6.07, 6.45) is 2.62. The molecule has 0 heterocycles. The first-order valence-electron chi connectivity index (χ1n) is 6.06. The van der Waals surface area contributed by atoms with Crippen LogP contribution in [0.5, 0.6) is 5.75 Å². The number of nitrogens with one attached hydrogen (secondary N) is 2. The van der Waals surface area contributed by atoms with Crippen molar-refractivity contribution in [3.63, 3.8) is 0 Å². The van der Waals surface area contributed by atoms with Crippen LogP contribution in [0.1, 0.15) is 18.4 Å². The zero-order valence-electron chi connectivity index (χ0n) is 10.1. The van der Waals surface area contributed by atoms with Crippen LogP contribution in [-0.2, 0) is 6.54 Å². The molecule has 2 N–H and O–H groups in total. The Labute approximate surface area is 101 Å². The van der Waals surface area contributed by atoms with Gasteiger partial charge < -0.3 is 15.4 Å². The highest BCUT2D eigenvalue weighted by Crippen LogP contribution is 2.18. The van der Waals surface area contributed by atoms with Gasteiger partial charge in [-0.2, -0.15) is 0 Å². The number of halogens is 1. The lowest BCUT2D eigenvalue weighted by Gasteiger charge is -2.07. The molecule has 1 fully saturated rings. The number of rotatable bonds is 7. The van der Waals surface area contributed by atoms with Gasteiger partial charge in [0.05, 0.1) is 7.11 Å². The van der Waals surface area contributed by atoms with E-state index in [4.69, 9.17) is 4.74 Å². The standard InChI is InChI=1S/C13H19FN2O/c1-17-13-5-2-10(8-12(13)14)9-15-6-7-16-11-3-4-11/h2,5,8,11,15-16H,3-4,6-7,9H2,1H3. The molecule has 0 aliphatic heterocycles.